The van der Waals surface area contributed by atoms with Crippen LogP contribution in [0, 0.1) is 6.92 Å². The molecule has 0 amide bonds. The first kappa shape index (κ1) is 13.9. The molecule has 1 aliphatic heterocycles. The van der Waals surface area contributed by atoms with Crippen LogP contribution >= 0.6 is 11.8 Å². The van der Waals surface area contributed by atoms with Crippen LogP contribution in [0.1, 0.15) is 24.8 Å². The zero-order valence-corrected chi connectivity index (χ0v) is 13.0. The highest BCUT2D eigenvalue weighted by atomic mass is 32.2. The van der Waals surface area contributed by atoms with E-state index in [4.69, 9.17) is 4.98 Å². The molecule has 3 rings (SSSR count). The van der Waals surface area contributed by atoms with Crippen molar-refractivity contribution in [2.45, 2.75) is 31.2 Å². The second-order valence-electron chi connectivity index (χ2n) is 5.55. The molecule has 0 bridgehead atoms. The summed E-state index contributed by atoms with van der Waals surface area (Å²) in [6.45, 7) is 5.94. The van der Waals surface area contributed by atoms with Crippen molar-refractivity contribution >= 4 is 22.7 Å². The molecule has 2 nitrogen and oxygen atoms in total. The van der Waals surface area contributed by atoms with Gasteiger partial charge in [-0.1, -0.05) is 24.6 Å². The number of aromatic nitrogens is 1. The number of nitrogens with zero attached hydrogens (tertiary/aromatic N) is 2. The predicted molar refractivity (Wildman–Crippen MR) is 87.5 cm³/mol. The van der Waals surface area contributed by atoms with Crippen LogP contribution in [0.4, 0.5) is 0 Å². The number of rotatable bonds is 4. The Morgan fingerprint density at radius 2 is 1.95 bits per heavy atom. The third kappa shape index (κ3) is 3.33. The maximum atomic E-state index is 4.76. The molecule has 106 valence electrons. The Morgan fingerprint density at radius 3 is 2.80 bits per heavy atom. The Morgan fingerprint density at radius 1 is 1.15 bits per heavy atom. The normalized spacial score (nSPS) is 16.6. The van der Waals surface area contributed by atoms with Gasteiger partial charge in [-0.25, -0.2) is 4.98 Å². The SMILES string of the molecule is Cc1cc(SCCN2CCCCC2)nc2ccccc12. The number of hydrogen-bond donors (Lipinski definition) is 0. The van der Waals surface area contributed by atoms with Crippen LogP contribution in [-0.4, -0.2) is 35.3 Å². The topological polar surface area (TPSA) is 16.1 Å². The lowest BCUT2D eigenvalue weighted by molar-refractivity contribution is 0.242. The van der Waals surface area contributed by atoms with Crippen LogP contribution in [0.25, 0.3) is 10.9 Å². The molecule has 0 radical (unpaired) electrons. The molecular formula is C17H22N2S. The Kier molecular flexibility index (Phi) is 4.58. The van der Waals surface area contributed by atoms with E-state index in [9.17, 15) is 0 Å². The van der Waals surface area contributed by atoms with E-state index in [0.717, 1.165) is 11.3 Å². The van der Waals surface area contributed by atoms with Crippen molar-refractivity contribution in [3.63, 3.8) is 0 Å². The Bertz CT molecular complexity index is 576. The monoisotopic (exact) mass is 286 g/mol. The molecule has 1 aromatic heterocycles. The number of hydrogen-bond acceptors (Lipinski definition) is 3. The molecule has 1 aliphatic rings. The van der Waals surface area contributed by atoms with Gasteiger partial charge in [0.15, 0.2) is 0 Å². The second kappa shape index (κ2) is 6.59. The second-order valence-corrected chi connectivity index (χ2v) is 6.66. The maximum absolute atomic E-state index is 4.76. The summed E-state index contributed by atoms with van der Waals surface area (Å²) in [7, 11) is 0. The highest BCUT2D eigenvalue weighted by molar-refractivity contribution is 7.99. The predicted octanol–water partition coefficient (Wildman–Crippen LogP) is 4.12. The van der Waals surface area contributed by atoms with Crippen LogP contribution in [0.15, 0.2) is 35.4 Å². The molecule has 0 aliphatic carbocycles. The van der Waals surface area contributed by atoms with Gasteiger partial charge in [-0.3, -0.25) is 0 Å². The summed E-state index contributed by atoms with van der Waals surface area (Å²) in [5, 5.41) is 2.44. The molecule has 1 saturated heterocycles. The molecule has 20 heavy (non-hydrogen) atoms. The van der Waals surface area contributed by atoms with Crippen molar-refractivity contribution in [2.24, 2.45) is 0 Å². The summed E-state index contributed by atoms with van der Waals surface area (Å²) in [5.41, 5.74) is 2.45. The first-order valence-corrected chi connectivity index (χ1v) is 8.53. The van der Waals surface area contributed by atoms with Crippen molar-refractivity contribution in [1.29, 1.82) is 0 Å². The van der Waals surface area contributed by atoms with E-state index in [1.807, 2.05) is 11.8 Å². The van der Waals surface area contributed by atoms with Gasteiger partial charge in [0.1, 0.15) is 0 Å². The van der Waals surface area contributed by atoms with E-state index in [1.165, 1.54) is 54.9 Å². The number of pyridine rings is 1. The molecule has 0 atom stereocenters. The number of fused-ring (bicyclic) bond motifs is 1. The van der Waals surface area contributed by atoms with E-state index in [0.29, 0.717) is 0 Å². The van der Waals surface area contributed by atoms with Crippen LogP contribution in [0.2, 0.25) is 0 Å². The molecule has 0 spiro atoms. The molecule has 1 fully saturated rings. The third-order valence-corrected chi connectivity index (χ3v) is 4.90. The standard InChI is InChI=1S/C17H22N2S/c1-14-13-17(18-16-8-4-3-7-15(14)16)20-12-11-19-9-5-2-6-10-19/h3-4,7-8,13H,2,5-6,9-12H2,1H3. The van der Waals surface area contributed by atoms with Gasteiger partial charge in [0, 0.05) is 17.7 Å². The Hall–Kier alpha value is -1.06. The number of likely N-dealkylation sites (tertiary alicyclic amines) is 1. The maximum Gasteiger partial charge on any atom is 0.0970 e. The molecular weight excluding hydrogens is 264 g/mol. The van der Waals surface area contributed by atoms with Crippen molar-refractivity contribution in [2.75, 3.05) is 25.4 Å². The third-order valence-electron chi connectivity index (χ3n) is 4.01. The van der Waals surface area contributed by atoms with Crippen molar-refractivity contribution in [3.8, 4) is 0 Å². The fraction of sp³-hybridized carbons (Fsp3) is 0.471. The van der Waals surface area contributed by atoms with Crippen LogP contribution in [0.3, 0.4) is 0 Å². The number of aryl methyl sites for hydroxylation is 1. The Balaban J connectivity index is 1.62. The van der Waals surface area contributed by atoms with E-state index in [-0.39, 0.29) is 0 Å². The summed E-state index contributed by atoms with van der Waals surface area (Å²) in [6.07, 6.45) is 4.16. The first-order chi connectivity index (χ1) is 9.83. The van der Waals surface area contributed by atoms with Gasteiger partial charge in [-0.05, 0) is 50.6 Å². The van der Waals surface area contributed by atoms with E-state index >= 15 is 0 Å². The lowest BCUT2D eigenvalue weighted by Gasteiger charge is -2.25. The van der Waals surface area contributed by atoms with Gasteiger partial charge >= 0.3 is 0 Å². The van der Waals surface area contributed by atoms with Crippen LogP contribution < -0.4 is 0 Å². The molecule has 2 heterocycles. The van der Waals surface area contributed by atoms with E-state index in [1.54, 1.807) is 0 Å². The fourth-order valence-electron chi connectivity index (χ4n) is 2.85. The minimum Gasteiger partial charge on any atom is -0.303 e. The summed E-state index contributed by atoms with van der Waals surface area (Å²) in [5.74, 6) is 1.14. The first-order valence-electron chi connectivity index (χ1n) is 7.54. The summed E-state index contributed by atoms with van der Waals surface area (Å²) in [6, 6.07) is 10.6. The van der Waals surface area contributed by atoms with Gasteiger partial charge < -0.3 is 4.90 Å². The minimum absolute atomic E-state index is 1.12. The minimum atomic E-state index is 1.12. The summed E-state index contributed by atoms with van der Waals surface area (Å²) < 4.78 is 0. The molecule has 0 N–H and O–H groups in total. The summed E-state index contributed by atoms with van der Waals surface area (Å²) >= 11 is 1.89. The molecule has 1 aromatic carbocycles. The van der Waals surface area contributed by atoms with Gasteiger partial charge in [0.05, 0.1) is 10.5 Å². The highest BCUT2D eigenvalue weighted by Gasteiger charge is 2.10. The average molecular weight is 286 g/mol. The quantitative estimate of drug-likeness (QED) is 0.787. The largest absolute Gasteiger partial charge is 0.303 e. The molecule has 0 saturated carbocycles. The zero-order chi connectivity index (χ0) is 13.8. The van der Waals surface area contributed by atoms with Gasteiger partial charge in [0.2, 0.25) is 0 Å². The lowest BCUT2D eigenvalue weighted by Crippen LogP contribution is -2.31. The summed E-state index contributed by atoms with van der Waals surface area (Å²) in [4.78, 5) is 7.35. The molecule has 3 heteroatoms. The van der Waals surface area contributed by atoms with Crippen molar-refractivity contribution in [1.82, 2.24) is 9.88 Å². The van der Waals surface area contributed by atoms with Crippen molar-refractivity contribution < 1.29 is 0 Å². The Labute approximate surface area is 125 Å². The average Bonchev–Trinajstić information content (AvgIpc) is 2.48. The number of benzene rings is 1. The highest BCUT2D eigenvalue weighted by Crippen LogP contribution is 2.23. The number of piperidine rings is 1. The fourth-order valence-corrected chi connectivity index (χ4v) is 3.84. The van der Waals surface area contributed by atoms with Crippen LogP contribution in [0.5, 0.6) is 0 Å². The smallest absolute Gasteiger partial charge is 0.0970 e. The molecule has 2 aromatic rings. The van der Waals surface area contributed by atoms with E-state index < -0.39 is 0 Å². The lowest BCUT2D eigenvalue weighted by atomic mass is 10.1. The van der Waals surface area contributed by atoms with Gasteiger partial charge in [0.25, 0.3) is 0 Å². The van der Waals surface area contributed by atoms with Gasteiger partial charge in [-0.15, -0.1) is 11.8 Å². The van der Waals surface area contributed by atoms with E-state index in [2.05, 4.69) is 42.2 Å². The van der Waals surface area contributed by atoms with Crippen molar-refractivity contribution in [3.05, 3.63) is 35.9 Å². The molecule has 0 unspecified atom stereocenters. The number of para-hydroxylation sites is 1. The zero-order valence-electron chi connectivity index (χ0n) is 12.1. The van der Waals surface area contributed by atoms with Gasteiger partial charge in [-0.2, -0.15) is 0 Å². The number of thioether (sulfide) groups is 1. The van der Waals surface area contributed by atoms with Crippen LogP contribution in [-0.2, 0) is 0 Å².